The van der Waals surface area contributed by atoms with Crippen molar-refractivity contribution >= 4 is 5.91 Å². The fraction of sp³-hybridized carbons (Fsp3) is 0.190. The van der Waals surface area contributed by atoms with Gasteiger partial charge in [-0.15, -0.1) is 0 Å². The van der Waals surface area contributed by atoms with Gasteiger partial charge in [-0.25, -0.2) is 0 Å². The molecule has 1 amide bonds. The molecule has 0 bridgehead atoms. The number of carbonyl (C=O) groups is 1. The zero-order valence-corrected chi connectivity index (χ0v) is 15.1. The van der Waals surface area contributed by atoms with Gasteiger partial charge >= 0.3 is 0 Å². The smallest absolute Gasteiger partial charge is 0.246 e. The largest absolute Gasteiger partial charge is 0.507 e. The van der Waals surface area contributed by atoms with Crippen LogP contribution in [0.25, 0.3) is 22.4 Å². The minimum atomic E-state index is -0.0946. The summed E-state index contributed by atoms with van der Waals surface area (Å²) in [5.41, 5.74) is 5.18. The number of nitrogens with zero attached hydrogens (tertiary/aromatic N) is 4. The molecule has 6 heteroatoms. The Hall–Kier alpha value is -3.41. The lowest BCUT2D eigenvalue weighted by molar-refractivity contribution is -0.127. The lowest BCUT2D eigenvalue weighted by Crippen LogP contribution is -2.37. The molecule has 1 aliphatic rings. The molecular formula is C21H20N4O2. The molecule has 1 aromatic carbocycles. The van der Waals surface area contributed by atoms with Crippen LogP contribution in [0.2, 0.25) is 0 Å². The number of phenolic OH excluding ortho intramolecular Hbond substituents is 1. The van der Waals surface area contributed by atoms with Crippen molar-refractivity contribution in [2.75, 3.05) is 6.54 Å². The van der Waals surface area contributed by atoms with E-state index in [1.54, 1.807) is 23.4 Å². The summed E-state index contributed by atoms with van der Waals surface area (Å²) in [6.45, 7) is 7.15. The number of fused-ring (bicyclic) bond motifs is 1. The van der Waals surface area contributed by atoms with Gasteiger partial charge in [0.05, 0.1) is 18.8 Å². The summed E-state index contributed by atoms with van der Waals surface area (Å²) in [6.07, 6.45) is 4.80. The van der Waals surface area contributed by atoms with E-state index in [0.29, 0.717) is 30.9 Å². The summed E-state index contributed by atoms with van der Waals surface area (Å²) < 4.78 is 1.93. The summed E-state index contributed by atoms with van der Waals surface area (Å²) in [5, 5.41) is 15.3. The summed E-state index contributed by atoms with van der Waals surface area (Å²) in [6, 6.07) is 9.41. The molecule has 1 N–H and O–H groups in total. The van der Waals surface area contributed by atoms with Crippen LogP contribution in [0.4, 0.5) is 0 Å². The number of aromatic nitrogens is 3. The molecule has 0 spiro atoms. The van der Waals surface area contributed by atoms with Crippen LogP contribution < -0.4 is 0 Å². The maximum absolute atomic E-state index is 12.1. The van der Waals surface area contributed by atoms with Crippen molar-refractivity contribution in [2.45, 2.75) is 20.0 Å². The van der Waals surface area contributed by atoms with Crippen LogP contribution in [0.5, 0.6) is 5.75 Å². The lowest BCUT2D eigenvalue weighted by atomic mass is 9.97. The standard InChI is InChI=1S/C21H20N4O2/c1-3-19(27)24-10-11-25-17(13-24)20(15-6-8-22-9-7-15)21(23-25)16-5-4-14(2)12-18(16)26/h3-9,12,26H,1,10-11,13H2,2H3. The van der Waals surface area contributed by atoms with E-state index in [9.17, 15) is 9.90 Å². The van der Waals surface area contributed by atoms with Gasteiger partial charge in [0.2, 0.25) is 5.91 Å². The zero-order valence-electron chi connectivity index (χ0n) is 15.1. The second-order valence-electron chi connectivity index (χ2n) is 6.61. The number of amides is 1. The van der Waals surface area contributed by atoms with Gasteiger partial charge in [0, 0.05) is 30.1 Å². The van der Waals surface area contributed by atoms with Crippen molar-refractivity contribution in [1.82, 2.24) is 19.7 Å². The Morgan fingerprint density at radius 3 is 2.70 bits per heavy atom. The first-order chi connectivity index (χ1) is 13.1. The number of carbonyl (C=O) groups excluding carboxylic acids is 1. The Labute approximate surface area is 157 Å². The summed E-state index contributed by atoms with van der Waals surface area (Å²) in [5.74, 6) is 0.0997. The number of benzene rings is 1. The Morgan fingerprint density at radius 1 is 1.22 bits per heavy atom. The number of aromatic hydroxyl groups is 1. The van der Waals surface area contributed by atoms with E-state index < -0.39 is 0 Å². The number of pyridine rings is 1. The molecule has 2 aromatic heterocycles. The third kappa shape index (κ3) is 2.99. The molecule has 0 radical (unpaired) electrons. The fourth-order valence-electron chi connectivity index (χ4n) is 3.49. The van der Waals surface area contributed by atoms with Crippen molar-refractivity contribution in [3.05, 3.63) is 66.6 Å². The topological polar surface area (TPSA) is 71.2 Å². The molecular weight excluding hydrogens is 340 g/mol. The van der Waals surface area contributed by atoms with Gasteiger partial charge in [0.25, 0.3) is 0 Å². The number of phenols is 1. The second kappa shape index (κ2) is 6.72. The summed E-state index contributed by atoms with van der Waals surface area (Å²) >= 11 is 0. The Kier molecular flexibility index (Phi) is 4.24. The third-order valence-corrected chi connectivity index (χ3v) is 4.84. The van der Waals surface area contributed by atoms with E-state index in [1.807, 2.05) is 35.9 Å². The predicted octanol–water partition coefficient (Wildman–Crippen LogP) is 3.15. The molecule has 3 heterocycles. The third-order valence-electron chi connectivity index (χ3n) is 4.84. The van der Waals surface area contributed by atoms with Crippen molar-refractivity contribution in [1.29, 1.82) is 0 Å². The number of rotatable bonds is 3. The van der Waals surface area contributed by atoms with Crippen molar-refractivity contribution in [3.8, 4) is 28.1 Å². The van der Waals surface area contributed by atoms with Crippen LogP contribution in [0, 0.1) is 6.92 Å². The maximum atomic E-state index is 12.1. The zero-order chi connectivity index (χ0) is 19.0. The quantitative estimate of drug-likeness (QED) is 0.729. The monoisotopic (exact) mass is 360 g/mol. The van der Waals surface area contributed by atoms with Gasteiger partial charge < -0.3 is 10.0 Å². The lowest BCUT2D eigenvalue weighted by Gasteiger charge is -2.27. The average Bonchev–Trinajstić information content (AvgIpc) is 3.06. The fourth-order valence-corrected chi connectivity index (χ4v) is 3.49. The van der Waals surface area contributed by atoms with E-state index >= 15 is 0 Å². The van der Waals surface area contributed by atoms with Crippen molar-refractivity contribution < 1.29 is 9.90 Å². The molecule has 0 fully saturated rings. The average molecular weight is 360 g/mol. The van der Waals surface area contributed by atoms with Gasteiger partial charge in [-0.05, 0) is 48.4 Å². The summed E-state index contributed by atoms with van der Waals surface area (Å²) in [4.78, 5) is 18.0. The van der Waals surface area contributed by atoms with E-state index in [2.05, 4.69) is 11.6 Å². The molecule has 136 valence electrons. The second-order valence-corrected chi connectivity index (χ2v) is 6.61. The van der Waals surface area contributed by atoms with E-state index in [-0.39, 0.29) is 11.7 Å². The van der Waals surface area contributed by atoms with Crippen LogP contribution in [0.3, 0.4) is 0 Å². The predicted molar refractivity (Wildman–Crippen MR) is 103 cm³/mol. The van der Waals surface area contributed by atoms with Gasteiger partial charge in [0.15, 0.2) is 0 Å². The highest BCUT2D eigenvalue weighted by Gasteiger charge is 2.28. The Bertz CT molecular complexity index is 1020. The van der Waals surface area contributed by atoms with E-state index in [4.69, 9.17) is 5.10 Å². The minimum Gasteiger partial charge on any atom is -0.507 e. The van der Waals surface area contributed by atoms with Crippen LogP contribution in [-0.2, 0) is 17.9 Å². The molecule has 3 aromatic rings. The van der Waals surface area contributed by atoms with Crippen molar-refractivity contribution in [2.24, 2.45) is 0 Å². The normalized spacial score (nSPS) is 13.3. The van der Waals surface area contributed by atoms with Gasteiger partial charge in [-0.2, -0.15) is 5.10 Å². The minimum absolute atomic E-state index is 0.0946. The van der Waals surface area contributed by atoms with Crippen LogP contribution >= 0.6 is 0 Å². The molecule has 0 saturated heterocycles. The number of aryl methyl sites for hydroxylation is 1. The highest BCUT2D eigenvalue weighted by molar-refractivity contribution is 5.88. The molecule has 27 heavy (non-hydrogen) atoms. The summed E-state index contributed by atoms with van der Waals surface area (Å²) in [7, 11) is 0. The first kappa shape index (κ1) is 17.0. The molecule has 0 atom stereocenters. The van der Waals surface area contributed by atoms with Gasteiger partial charge in [-0.3, -0.25) is 14.5 Å². The highest BCUT2D eigenvalue weighted by Crippen LogP contribution is 2.39. The highest BCUT2D eigenvalue weighted by atomic mass is 16.3. The molecule has 1 aliphatic heterocycles. The maximum Gasteiger partial charge on any atom is 0.246 e. The first-order valence-electron chi connectivity index (χ1n) is 8.80. The SMILES string of the molecule is C=CC(=O)N1CCn2nc(-c3ccc(C)cc3O)c(-c3ccncc3)c2C1. The Balaban J connectivity index is 1.92. The first-order valence-corrected chi connectivity index (χ1v) is 8.80. The Morgan fingerprint density at radius 2 is 2.00 bits per heavy atom. The van der Waals surface area contributed by atoms with Crippen molar-refractivity contribution in [3.63, 3.8) is 0 Å². The molecule has 0 aliphatic carbocycles. The van der Waals surface area contributed by atoms with E-state index in [0.717, 1.165) is 22.4 Å². The molecule has 4 rings (SSSR count). The number of hydrogen-bond donors (Lipinski definition) is 1. The molecule has 0 unspecified atom stereocenters. The van der Waals surface area contributed by atoms with Gasteiger partial charge in [0.1, 0.15) is 11.4 Å². The van der Waals surface area contributed by atoms with E-state index in [1.165, 1.54) is 6.08 Å². The van der Waals surface area contributed by atoms with Crippen LogP contribution in [0.1, 0.15) is 11.3 Å². The van der Waals surface area contributed by atoms with Crippen LogP contribution in [-0.4, -0.2) is 37.2 Å². The molecule has 6 nitrogen and oxygen atoms in total. The van der Waals surface area contributed by atoms with Gasteiger partial charge in [-0.1, -0.05) is 12.6 Å². The number of hydrogen-bond acceptors (Lipinski definition) is 4. The van der Waals surface area contributed by atoms with Crippen LogP contribution in [0.15, 0.2) is 55.4 Å². The molecule has 0 saturated carbocycles.